The van der Waals surface area contributed by atoms with Crippen LogP contribution in [0.5, 0.6) is 0 Å². The molecule has 0 saturated heterocycles. The van der Waals surface area contributed by atoms with E-state index in [9.17, 15) is 18.0 Å². The summed E-state index contributed by atoms with van der Waals surface area (Å²) < 4.78 is 29.3. The molecule has 2 aromatic carbocycles. The van der Waals surface area contributed by atoms with Crippen LogP contribution in [0.3, 0.4) is 0 Å². The van der Waals surface area contributed by atoms with E-state index < -0.39 is 15.9 Å². The minimum absolute atomic E-state index is 0.0928. The van der Waals surface area contributed by atoms with Gasteiger partial charge in [-0.05, 0) is 17.7 Å². The smallest absolute Gasteiger partial charge is 0.258 e. The number of hydrogen-bond acceptors (Lipinski definition) is 6. The third-order valence-corrected chi connectivity index (χ3v) is 7.39. The van der Waals surface area contributed by atoms with Crippen molar-refractivity contribution in [2.75, 3.05) is 13.1 Å². The van der Waals surface area contributed by atoms with Crippen LogP contribution in [0.2, 0.25) is 0 Å². The highest BCUT2D eigenvalue weighted by Crippen LogP contribution is 2.39. The molecule has 2 aliphatic rings. The van der Waals surface area contributed by atoms with E-state index in [2.05, 4.69) is 55.8 Å². The maximum Gasteiger partial charge on any atom is 0.258 e. The molecule has 1 heterocycles. The average molecular weight is 662 g/mol. The van der Waals surface area contributed by atoms with Gasteiger partial charge in [-0.25, -0.2) is 13.1 Å². The lowest BCUT2D eigenvalue weighted by molar-refractivity contribution is -0.115. The minimum Gasteiger partial charge on any atom is -0.398 e. The first-order chi connectivity index (χ1) is 14.7. The number of rotatable bonds is 6. The summed E-state index contributed by atoms with van der Waals surface area (Å²) in [6, 6.07) is 12.9. The summed E-state index contributed by atoms with van der Waals surface area (Å²) >= 11 is 4.12. The van der Waals surface area contributed by atoms with Crippen molar-refractivity contribution in [2.45, 2.75) is 4.90 Å². The fraction of sp³-hybridized carbons (Fsp3) is 0.100. The molecule has 0 radical (unpaired) electrons. The summed E-state index contributed by atoms with van der Waals surface area (Å²) in [5.41, 5.74) is 8.63. The van der Waals surface area contributed by atoms with Gasteiger partial charge >= 0.3 is 0 Å². The van der Waals surface area contributed by atoms with E-state index in [0.29, 0.717) is 28.9 Å². The molecule has 0 atom stereocenters. The normalized spacial score (nSPS) is 16.0. The van der Waals surface area contributed by atoms with E-state index >= 15 is 0 Å². The lowest BCUT2D eigenvalue weighted by Crippen LogP contribution is -2.28. The molecule has 1 aliphatic heterocycles. The molecule has 0 unspecified atom stereocenters. The molecule has 1 amide bonds. The van der Waals surface area contributed by atoms with Crippen LogP contribution in [0.1, 0.15) is 21.5 Å². The SMILES string of the molecule is NC1=C2C(=O)NC(c3ccc(S(=O)(=O)NCCN(I)I)cc3)=C2C(=O)c2ccccc21. The summed E-state index contributed by atoms with van der Waals surface area (Å²) in [5, 5.41) is 2.72. The number of amides is 1. The Morgan fingerprint density at radius 2 is 1.61 bits per heavy atom. The molecule has 0 aromatic heterocycles. The number of nitrogens with two attached hydrogens (primary N) is 1. The summed E-state index contributed by atoms with van der Waals surface area (Å²) in [6.07, 6.45) is 0. The zero-order valence-electron chi connectivity index (χ0n) is 15.9. The van der Waals surface area contributed by atoms with Gasteiger partial charge in [0.25, 0.3) is 5.91 Å². The van der Waals surface area contributed by atoms with Crippen LogP contribution >= 0.6 is 45.7 Å². The van der Waals surface area contributed by atoms with Gasteiger partial charge in [-0.2, -0.15) is 1.33 Å². The molecule has 4 N–H and O–H groups in total. The largest absolute Gasteiger partial charge is 0.398 e. The first kappa shape index (κ1) is 22.4. The molecule has 0 bridgehead atoms. The van der Waals surface area contributed by atoms with Gasteiger partial charge in [0.1, 0.15) is 0 Å². The number of fused-ring (bicyclic) bond motifs is 2. The Balaban J connectivity index is 1.70. The summed E-state index contributed by atoms with van der Waals surface area (Å²) in [6.45, 7) is 0.809. The molecule has 31 heavy (non-hydrogen) atoms. The van der Waals surface area contributed by atoms with Crippen molar-refractivity contribution in [1.29, 1.82) is 0 Å². The summed E-state index contributed by atoms with van der Waals surface area (Å²) in [7, 11) is -3.67. The van der Waals surface area contributed by atoms with Crippen LogP contribution < -0.4 is 15.8 Å². The predicted molar refractivity (Wildman–Crippen MR) is 133 cm³/mol. The number of nitrogens with zero attached hydrogens (tertiary/aromatic N) is 1. The van der Waals surface area contributed by atoms with Gasteiger partial charge in [0.05, 0.1) is 27.4 Å². The Labute approximate surface area is 207 Å². The van der Waals surface area contributed by atoms with Gasteiger partial charge in [0, 0.05) is 69.9 Å². The molecule has 4 rings (SSSR count). The third kappa shape index (κ3) is 4.16. The first-order valence-electron chi connectivity index (χ1n) is 9.10. The number of halogens is 2. The first-order valence-corrected chi connectivity index (χ1v) is 12.5. The second kappa shape index (κ2) is 8.61. The molecule has 8 nitrogen and oxygen atoms in total. The molecular weight excluding hydrogens is 646 g/mol. The average Bonchev–Trinajstić information content (AvgIpc) is 3.09. The van der Waals surface area contributed by atoms with E-state index in [-0.39, 0.29) is 34.1 Å². The number of nitrogens with one attached hydrogen (secondary N) is 2. The third-order valence-electron chi connectivity index (χ3n) is 4.95. The number of carbonyl (C=O) groups excluding carboxylic acids is 2. The monoisotopic (exact) mass is 662 g/mol. The molecule has 0 spiro atoms. The Bertz CT molecular complexity index is 1270. The van der Waals surface area contributed by atoms with Crippen LogP contribution in [0.4, 0.5) is 0 Å². The molecule has 1 aliphatic carbocycles. The molecule has 11 heteroatoms. The molecule has 160 valence electrons. The van der Waals surface area contributed by atoms with Gasteiger partial charge in [-0.1, -0.05) is 36.4 Å². The number of benzene rings is 2. The van der Waals surface area contributed by atoms with E-state index in [4.69, 9.17) is 5.73 Å². The minimum atomic E-state index is -3.67. The fourth-order valence-corrected chi connectivity index (χ4v) is 5.02. The Hall–Kier alpha value is -1.81. The lowest BCUT2D eigenvalue weighted by atomic mass is 9.84. The van der Waals surface area contributed by atoms with Gasteiger partial charge in [0.2, 0.25) is 10.0 Å². The second-order valence-corrected chi connectivity index (χ2v) is 12.8. The van der Waals surface area contributed by atoms with E-state index in [0.717, 1.165) is 0 Å². The number of ketones is 1. The molecule has 0 fully saturated rings. The molecular formula is C20H16I2N4O4S. The number of hydrogen-bond donors (Lipinski definition) is 3. The van der Waals surface area contributed by atoms with Crippen LogP contribution in [0, 0.1) is 0 Å². The Kier molecular flexibility index (Phi) is 6.22. The lowest BCUT2D eigenvalue weighted by Gasteiger charge is -2.18. The quantitative estimate of drug-likeness (QED) is 0.323. The van der Waals surface area contributed by atoms with Crippen LogP contribution in [-0.4, -0.2) is 34.5 Å². The van der Waals surface area contributed by atoms with Gasteiger partial charge in [-0.3, -0.25) is 9.59 Å². The Morgan fingerprint density at radius 3 is 2.26 bits per heavy atom. The maximum atomic E-state index is 13.1. The second-order valence-electron chi connectivity index (χ2n) is 6.82. The van der Waals surface area contributed by atoms with Crippen molar-refractivity contribution in [1.82, 2.24) is 11.4 Å². The number of Topliss-reactive ketones (excluding diaryl/α,β-unsaturated/α-hetero) is 1. The molecule has 2 aromatic rings. The van der Waals surface area contributed by atoms with E-state index in [1.807, 2.05) is 1.33 Å². The molecule has 0 saturated carbocycles. The van der Waals surface area contributed by atoms with Crippen LogP contribution in [-0.2, 0) is 14.8 Å². The number of carbonyl (C=O) groups is 2. The predicted octanol–water partition coefficient (Wildman–Crippen LogP) is 2.37. The highest BCUT2D eigenvalue weighted by molar-refractivity contribution is 14.2. The number of sulfonamides is 1. The highest BCUT2D eigenvalue weighted by atomic mass is 127. The van der Waals surface area contributed by atoms with Crippen LogP contribution in [0.25, 0.3) is 11.4 Å². The van der Waals surface area contributed by atoms with Crippen molar-refractivity contribution >= 4 is 78.8 Å². The van der Waals surface area contributed by atoms with Crippen molar-refractivity contribution in [3.8, 4) is 0 Å². The van der Waals surface area contributed by atoms with Crippen LogP contribution in [0.15, 0.2) is 64.6 Å². The van der Waals surface area contributed by atoms with Crippen molar-refractivity contribution in [3.05, 3.63) is 76.4 Å². The standard InChI is InChI=1S/C20H16I2N4O4S/c21-26(22)10-9-24-31(29,30)12-7-5-11(6-8-12)18-16-15(20(28)25-18)17(23)13-3-1-2-4-14(13)19(16)27/h1-8,24H,9-10,23H2,(H,25,28). The summed E-state index contributed by atoms with van der Waals surface area (Å²) in [4.78, 5) is 25.8. The zero-order valence-corrected chi connectivity index (χ0v) is 21.0. The van der Waals surface area contributed by atoms with Gasteiger partial charge < -0.3 is 11.1 Å². The fourth-order valence-electron chi connectivity index (χ4n) is 3.51. The van der Waals surface area contributed by atoms with Crippen molar-refractivity contribution in [3.63, 3.8) is 0 Å². The van der Waals surface area contributed by atoms with E-state index in [1.165, 1.54) is 12.1 Å². The van der Waals surface area contributed by atoms with Crippen molar-refractivity contribution in [2.24, 2.45) is 5.73 Å². The Morgan fingerprint density at radius 1 is 0.968 bits per heavy atom. The summed E-state index contributed by atoms with van der Waals surface area (Å²) in [5.74, 6) is -0.750. The maximum absolute atomic E-state index is 13.1. The zero-order chi connectivity index (χ0) is 22.3. The van der Waals surface area contributed by atoms with Gasteiger partial charge in [0.15, 0.2) is 5.78 Å². The van der Waals surface area contributed by atoms with Crippen molar-refractivity contribution < 1.29 is 18.0 Å². The highest BCUT2D eigenvalue weighted by Gasteiger charge is 2.39. The topological polar surface area (TPSA) is 122 Å². The van der Waals surface area contributed by atoms with E-state index in [1.54, 1.807) is 36.4 Å². The van der Waals surface area contributed by atoms with Gasteiger partial charge in [-0.15, -0.1) is 0 Å².